The number of thiophene rings is 1. The molecule has 20 heavy (non-hydrogen) atoms. The first kappa shape index (κ1) is 15.0. The van der Waals surface area contributed by atoms with E-state index in [9.17, 15) is 0 Å². The van der Waals surface area contributed by atoms with Crippen molar-refractivity contribution in [2.24, 2.45) is 0 Å². The highest BCUT2D eigenvalue weighted by molar-refractivity contribution is 7.10. The van der Waals surface area contributed by atoms with Crippen LogP contribution in [0, 0.1) is 0 Å². The Morgan fingerprint density at radius 1 is 1.25 bits per heavy atom. The summed E-state index contributed by atoms with van der Waals surface area (Å²) in [5.74, 6) is 0.894. The Morgan fingerprint density at radius 3 is 2.90 bits per heavy atom. The van der Waals surface area contributed by atoms with Gasteiger partial charge >= 0.3 is 0 Å². The van der Waals surface area contributed by atoms with Gasteiger partial charge in [-0.05, 0) is 36.1 Å². The van der Waals surface area contributed by atoms with Crippen molar-refractivity contribution in [3.8, 4) is 5.75 Å². The van der Waals surface area contributed by atoms with Crippen molar-refractivity contribution in [1.82, 2.24) is 5.32 Å². The lowest BCUT2D eigenvalue weighted by Crippen LogP contribution is -2.23. The zero-order valence-electron chi connectivity index (χ0n) is 12.0. The summed E-state index contributed by atoms with van der Waals surface area (Å²) >= 11 is 1.78. The van der Waals surface area contributed by atoms with E-state index in [0.29, 0.717) is 19.3 Å². The third-order valence-corrected chi connectivity index (χ3v) is 4.06. The average Bonchev–Trinajstić information content (AvgIpc) is 2.98. The number of nitrogens with one attached hydrogen (secondary N) is 1. The van der Waals surface area contributed by atoms with Crippen molar-refractivity contribution in [2.45, 2.75) is 19.6 Å². The SMILES string of the molecule is COCc1cccc(OCCNC(C)c2cccs2)c1. The third kappa shape index (κ3) is 4.63. The van der Waals surface area contributed by atoms with E-state index in [2.05, 4.69) is 29.8 Å². The minimum absolute atomic E-state index is 0.374. The molecule has 0 radical (unpaired) electrons. The second-order valence-electron chi connectivity index (χ2n) is 4.62. The molecule has 1 unspecified atom stereocenters. The molecule has 0 saturated heterocycles. The van der Waals surface area contributed by atoms with E-state index in [1.165, 1.54) is 4.88 Å². The van der Waals surface area contributed by atoms with Gasteiger partial charge in [-0.3, -0.25) is 0 Å². The van der Waals surface area contributed by atoms with Crippen LogP contribution in [0.5, 0.6) is 5.75 Å². The topological polar surface area (TPSA) is 30.5 Å². The molecular weight excluding hydrogens is 270 g/mol. The first-order chi connectivity index (χ1) is 9.79. The van der Waals surface area contributed by atoms with E-state index in [-0.39, 0.29) is 0 Å². The Bertz CT molecular complexity index is 499. The molecule has 4 heteroatoms. The third-order valence-electron chi connectivity index (χ3n) is 3.00. The van der Waals surface area contributed by atoms with Gasteiger partial charge in [-0.1, -0.05) is 18.2 Å². The molecule has 0 bridgehead atoms. The number of ether oxygens (including phenoxy) is 2. The number of hydrogen-bond acceptors (Lipinski definition) is 4. The van der Waals surface area contributed by atoms with Crippen molar-refractivity contribution in [1.29, 1.82) is 0 Å². The highest BCUT2D eigenvalue weighted by Gasteiger charge is 2.04. The summed E-state index contributed by atoms with van der Waals surface area (Å²) < 4.78 is 10.9. The lowest BCUT2D eigenvalue weighted by molar-refractivity contribution is 0.184. The molecule has 0 fully saturated rings. The summed E-state index contributed by atoms with van der Waals surface area (Å²) in [6.07, 6.45) is 0. The van der Waals surface area contributed by atoms with E-state index >= 15 is 0 Å². The molecule has 108 valence electrons. The van der Waals surface area contributed by atoms with Gasteiger partial charge in [-0.25, -0.2) is 0 Å². The second-order valence-corrected chi connectivity index (χ2v) is 5.60. The maximum atomic E-state index is 5.75. The summed E-state index contributed by atoms with van der Waals surface area (Å²) in [5, 5.41) is 5.56. The molecular formula is C16H21NO2S. The van der Waals surface area contributed by atoms with Crippen LogP contribution in [0.1, 0.15) is 23.4 Å². The Balaban J connectivity index is 1.71. The largest absolute Gasteiger partial charge is 0.492 e. The smallest absolute Gasteiger partial charge is 0.119 e. The van der Waals surface area contributed by atoms with Gasteiger partial charge in [0, 0.05) is 24.6 Å². The first-order valence-corrected chi connectivity index (χ1v) is 7.65. The van der Waals surface area contributed by atoms with Crippen LogP contribution < -0.4 is 10.1 Å². The summed E-state index contributed by atoms with van der Waals surface area (Å²) in [7, 11) is 1.70. The predicted octanol–water partition coefficient (Wildman–Crippen LogP) is 3.62. The Hall–Kier alpha value is -1.36. The Kier molecular flexibility index (Phi) is 6.05. The van der Waals surface area contributed by atoms with Gasteiger partial charge in [0.2, 0.25) is 0 Å². The predicted molar refractivity (Wildman–Crippen MR) is 83.4 cm³/mol. The molecule has 1 atom stereocenters. The van der Waals surface area contributed by atoms with Gasteiger partial charge in [0.1, 0.15) is 12.4 Å². The van der Waals surface area contributed by atoms with Gasteiger partial charge in [0.05, 0.1) is 6.61 Å². The highest BCUT2D eigenvalue weighted by Crippen LogP contribution is 2.18. The standard InChI is InChI=1S/C16H21NO2S/c1-13(16-7-4-10-20-16)17-8-9-19-15-6-3-5-14(11-15)12-18-2/h3-7,10-11,13,17H,8-9,12H2,1-2H3. The van der Waals surface area contributed by atoms with Gasteiger partial charge in [0.15, 0.2) is 0 Å². The van der Waals surface area contributed by atoms with Crippen LogP contribution in [0.25, 0.3) is 0 Å². The molecule has 1 heterocycles. The van der Waals surface area contributed by atoms with E-state index in [1.54, 1.807) is 18.4 Å². The van der Waals surface area contributed by atoms with Crippen LogP contribution in [0.2, 0.25) is 0 Å². The van der Waals surface area contributed by atoms with Crippen molar-refractivity contribution in [3.63, 3.8) is 0 Å². The van der Waals surface area contributed by atoms with Crippen molar-refractivity contribution >= 4 is 11.3 Å². The fraction of sp³-hybridized carbons (Fsp3) is 0.375. The molecule has 2 aromatic rings. The lowest BCUT2D eigenvalue weighted by Gasteiger charge is -2.13. The van der Waals surface area contributed by atoms with Crippen LogP contribution in [-0.4, -0.2) is 20.3 Å². The van der Waals surface area contributed by atoms with Crippen molar-refractivity contribution in [3.05, 3.63) is 52.2 Å². The molecule has 1 N–H and O–H groups in total. The summed E-state index contributed by atoms with van der Waals surface area (Å²) in [4.78, 5) is 1.35. The lowest BCUT2D eigenvalue weighted by atomic mass is 10.2. The van der Waals surface area contributed by atoms with Gasteiger partial charge in [-0.2, -0.15) is 0 Å². The quantitative estimate of drug-likeness (QED) is 0.753. The van der Waals surface area contributed by atoms with E-state index < -0.39 is 0 Å². The zero-order valence-corrected chi connectivity index (χ0v) is 12.8. The Labute approximate surface area is 124 Å². The van der Waals surface area contributed by atoms with Crippen LogP contribution in [0.15, 0.2) is 41.8 Å². The fourth-order valence-corrected chi connectivity index (χ4v) is 2.73. The highest BCUT2D eigenvalue weighted by atomic mass is 32.1. The summed E-state index contributed by atoms with van der Waals surface area (Å²) in [5.41, 5.74) is 1.13. The van der Waals surface area contributed by atoms with Gasteiger partial charge in [-0.15, -0.1) is 11.3 Å². The maximum absolute atomic E-state index is 5.75. The van der Waals surface area contributed by atoms with Crippen LogP contribution in [0.4, 0.5) is 0 Å². The molecule has 0 amide bonds. The fourth-order valence-electron chi connectivity index (χ4n) is 1.97. The molecule has 0 aliphatic rings. The van der Waals surface area contributed by atoms with Crippen molar-refractivity contribution < 1.29 is 9.47 Å². The molecule has 0 aliphatic heterocycles. The monoisotopic (exact) mass is 291 g/mol. The summed E-state index contributed by atoms with van der Waals surface area (Å²) in [6, 6.07) is 12.6. The number of hydrogen-bond donors (Lipinski definition) is 1. The minimum atomic E-state index is 0.374. The number of benzene rings is 1. The maximum Gasteiger partial charge on any atom is 0.119 e. The van der Waals surface area contributed by atoms with E-state index in [0.717, 1.165) is 17.9 Å². The molecule has 0 saturated carbocycles. The number of methoxy groups -OCH3 is 1. The number of rotatable bonds is 8. The molecule has 2 rings (SSSR count). The second kappa shape index (κ2) is 8.04. The molecule has 1 aromatic carbocycles. The summed E-state index contributed by atoms with van der Waals surface area (Å²) in [6.45, 7) is 4.27. The normalized spacial score (nSPS) is 12.3. The molecule has 3 nitrogen and oxygen atoms in total. The van der Waals surface area contributed by atoms with E-state index in [4.69, 9.17) is 9.47 Å². The van der Waals surface area contributed by atoms with Crippen molar-refractivity contribution in [2.75, 3.05) is 20.3 Å². The van der Waals surface area contributed by atoms with Gasteiger partial charge in [0.25, 0.3) is 0 Å². The average molecular weight is 291 g/mol. The van der Waals surface area contributed by atoms with Crippen LogP contribution in [-0.2, 0) is 11.3 Å². The minimum Gasteiger partial charge on any atom is -0.492 e. The molecule has 0 spiro atoms. The Morgan fingerprint density at radius 2 is 2.15 bits per heavy atom. The molecule has 1 aromatic heterocycles. The first-order valence-electron chi connectivity index (χ1n) is 6.77. The van der Waals surface area contributed by atoms with E-state index in [1.807, 2.05) is 24.3 Å². The zero-order chi connectivity index (χ0) is 14.2. The van der Waals surface area contributed by atoms with Crippen LogP contribution in [0.3, 0.4) is 0 Å². The van der Waals surface area contributed by atoms with Crippen LogP contribution >= 0.6 is 11.3 Å². The van der Waals surface area contributed by atoms with Gasteiger partial charge < -0.3 is 14.8 Å². The molecule has 0 aliphatic carbocycles.